The van der Waals surface area contributed by atoms with E-state index in [1.54, 1.807) is 0 Å². The van der Waals surface area contributed by atoms with Crippen LogP contribution in [0.25, 0.3) is 0 Å². The Balaban J connectivity index is -0.00000000114. The minimum atomic E-state index is 0. The second kappa shape index (κ2) is 245. The molecule has 0 unspecified atom stereocenters. The molecule has 0 aromatic carbocycles. The van der Waals surface area contributed by atoms with E-state index in [1.165, 1.54) is 0 Å². The second-order valence-corrected chi connectivity index (χ2v) is 0. The van der Waals surface area contributed by atoms with Gasteiger partial charge in [0.15, 0.2) is 0 Å². The number of hydrogen-bond acceptors (Lipinski definition) is 2. The summed E-state index contributed by atoms with van der Waals surface area (Å²) in [5.41, 5.74) is 0. The molecule has 0 saturated heterocycles. The van der Waals surface area contributed by atoms with E-state index < -0.39 is 0 Å². The molecule has 0 saturated carbocycles. The predicted octanol–water partition coefficient (Wildman–Crippen LogP) is 1.32. The third-order valence-corrected chi connectivity index (χ3v) is 0. The fourth-order valence-corrected chi connectivity index (χ4v) is 0. The van der Waals surface area contributed by atoms with Gasteiger partial charge in [-0.3, -0.25) is 0 Å². The van der Waals surface area contributed by atoms with E-state index in [4.69, 9.17) is 23.7 Å². The van der Waals surface area contributed by atoms with Crippen molar-refractivity contribution in [3.63, 3.8) is 0 Å². The molecule has 0 aliphatic heterocycles. The first-order valence-corrected chi connectivity index (χ1v) is 0.447. The van der Waals surface area contributed by atoms with Crippen molar-refractivity contribution in [2.24, 2.45) is 0 Å². The van der Waals surface area contributed by atoms with Gasteiger partial charge in [0, 0.05) is 0 Å². The first-order chi connectivity index (χ1) is 2.00. The average Bonchev–Trinajstić information content (AvgIpc) is 1.50. The summed E-state index contributed by atoms with van der Waals surface area (Å²) in [5, 5.41) is 12.5. The zero-order chi connectivity index (χ0) is 4.00. The van der Waals surface area contributed by atoms with E-state index in [2.05, 4.69) is 0 Å². The van der Waals surface area contributed by atoms with E-state index in [0.29, 0.717) is 0 Å². The standard InChI is InChI=1S/2CN.Be.4H3N/c2*1-2;;;;;/h;;;4*1H3/q2*-1;+2;;;;/p+4. The van der Waals surface area contributed by atoms with Crippen LogP contribution in [-0.2, 0) is 0 Å². The van der Waals surface area contributed by atoms with Gasteiger partial charge < -0.3 is 48.3 Å². The molecular formula is C2H16BeN6+4. The molecule has 0 aromatic rings. The van der Waals surface area contributed by atoms with Crippen molar-refractivity contribution in [1.82, 2.24) is 24.6 Å². The van der Waals surface area contributed by atoms with Gasteiger partial charge in [-0.25, -0.2) is 0 Å². The van der Waals surface area contributed by atoms with Crippen molar-refractivity contribution in [2.75, 3.05) is 0 Å². The molecule has 0 rings (SSSR count). The van der Waals surface area contributed by atoms with Gasteiger partial charge in [-0.1, -0.05) is 0 Å². The van der Waals surface area contributed by atoms with Crippen LogP contribution in [-0.4, -0.2) is 10.1 Å². The van der Waals surface area contributed by atoms with Crippen molar-refractivity contribution in [1.29, 1.82) is 10.5 Å². The van der Waals surface area contributed by atoms with Crippen molar-refractivity contribution < 1.29 is 0 Å². The summed E-state index contributed by atoms with van der Waals surface area (Å²) >= 11 is 0. The number of hydrogen-bond donors (Lipinski definition) is 4. The maximum Gasteiger partial charge on any atom is 2.00 e. The SMILES string of the molecule is [Be+2].[C-]#N.[C-]#N.[NH4+].[NH4+].[NH4+].[NH4+]. The minimum absolute atomic E-state index is 0. The van der Waals surface area contributed by atoms with Gasteiger partial charge in [-0.05, 0) is 0 Å². The largest absolute Gasteiger partial charge is 2.00 e. The summed E-state index contributed by atoms with van der Waals surface area (Å²) in [6.07, 6.45) is 0. The van der Waals surface area contributed by atoms with Gasteiger partial charge in [0.1, 0.15) is 0 Å². The summed E-state index contributed by atoms with van der Waals surface area (Å²) in [6.45, 7) is 9.50. The van der Waals surface area contributed by atoms with E-state index >= 15 is 0 Å². The Morgan fingerprint density at radius 1 is 0.556 bits per heavy atom. The van der Waals surface area contributed by atoms with Crippen molar-refractivity contribution >= 4 is 10.1 Å². The molecule has 0 aliphatic rings. The summed E-state index contributed by atoms with van der Waals surface area (Å²) in [7, 11) is 0. The number of quaternary nitrogens is 4. The molecule has 0 atom stereocenters. The van der Waals surface area contributed by atoms with Gasteiger partial charge in [0.25, 0.3) is 0 Å². The molecule has 9 heavy (non-hydrogen) atoms. The monoisotopic (exact) mass is 133 g/mol. The van der Waals surface area contributed by atoms with Crippen LogP contribution in [0.5, 0.6) is 0 Å². The summed E-state index contributed by atoms with van der Waals surface area (Å²) in [6, 6.07) is 0. The third kappa shape index (κ3) is 170. The molecule has 0 fully saturated rings. The first kappa shape index (κ1) is 399. The van der Waals surface area contributed by atoms with Gasteiger partial charge in [-0.15, -0.1) is 0 Å². The molecular weight excluding hydrogens is 117 g/mol. The molecule has 0 heterocycles. The Morgan fingerprint density at radius 3 is 0.556 bits per heavy atom. The first-order valence-electron chi connectivity index (χ1n) is 0.447. The molecule has 0 aromatic heterocycles. The summed E-state index contributed by atoms with van der Waals surface area (Å²) in [4.78, 5) is 0. The van der Waals surface area contributed by atoms with E-state index in [-0.39, 0.29) is 34.7 Å². The molecule has 6 nitrogen and oxygen atoms in total. The quantitative estimate of drug-likeness (QED) is 0.286. The summed E-state index contributed by atoms with van der Waals surface area (Å²) < 4.78 is 0. The Labute approximate surface area is 59.4 Å². The van der Waals surface area contributed by atoms with Crippen molar-refractivity contribution in [2.45, 2.75) is 0 Å². The molecule has 0 radical (unpaired) electrons. The second-order valence-electron chi connectivity index (χ2n) is 0. The molecule has 0 bridgehead atoms. The fourth-order valence-electron chi connectivity index (χ4n) is 0. The average molecular weight is 133 g/mol. The van der Waals surface area contributed by atoms with Crippen LogP contribution in [0.2, 0.25) is 0 Å². The maximum atomic E-state index is 6.25. The molecule has 0 aliphatic carbocycles. The number of nitrogens with zero attached hydrogens (tertiary/aromatic N) is 2. The predicted molar refractivity (Wildman–Crippen MR) is 39.6 cm³/mol. The van der Waals surface area contributed by atoms with Crippen LogP contribution >= 0.6 is 0 Å². The maximum absolute atomic E-state index is 6.25. The minimum Gasteiger partial charge on any atom is -0.512 e. The van der Waals surface area contributed by atoms with Crippen LogP contribution in [0.4, 0.5) is 0 Å². The van der Waals surface area contributed by atoms with Gasteiger partial charge in [0.2, 0.25) is 0 Å². The van der Waals surface area contributed by atoms with Gasteiger partial charge in [-0.2, -0.15) is 0 Å². The molecule has 0 amide bonds. The van der Waals surface area contributed by atoms with Crippen molar-refractivity contribution in [3.05, 3.63) is 13.1 Å². The van der Waals surface area contributed by atoms with Gasteiger partial charge in [0.05, 0.1) is 0 Å². The van der Waals surface area contributed by atoms with E-state index in [1.807, 2.05) is 0 Å². The van der Waals surface area contributed by atoms with Crippen LogP contribution < -0.4 is 24.6 Å². The molecule has 0 spiro atoms. The van der Waals surface area contributed by atoms with E-state index in [0.717, 1.165) is 0 Å². The number of rotatable bonds is 0. The molecule has 16 N–H and O–H groups in total. The topological polar surface area (TPSA) is 194 Å². The van der Waals surface area contributed by atoms with Gasteiger partial charge >= 0.3 is 10.1 Å². The van der Waals surface area contributed by atoms with Crippen molar-refractivity contribution in [3.8, 4) is 0 Å². The smallest absolute Gasteiger partial charge is 0.512 e. The Morgan fingerprint density at radius 2 is 0.556 bits per heavy atom. The van der Waals surface area contributed by atoms with Crippen LogP contribution in [0.1, 0.15) is 0 Å². The normalized spacial score (nSPS) is 0.444. The Hall–Kier alpha value is -1.01. The molecule has 7 heteroatoms. The Kier molecular flexibility index (Phi) is 10900. The zero-order valence-corrected chi connectivity index (χ0v) is 6.60. The Bertz CT molecular complexity index is 26.5. The third-order valence-electron chi connectivity index (χ3n) is 0. The molecule has 52 valence electrons. The van der Waals surface area contributed by atoms with E-state index in [9.17, 15) is 0 Å². The summed E-state index contributed by atoms with van der Waals surface area (Å²) in [5.74, 6) is 0. The van der Waals surface area contributed by atoms with Crippen LogP contribution in [0.15, 0.2) is 0 Å². The van der Waals surface area contributed by atoms with Crippen LogP contribution in [0.3, 0.4) is 0 Å². The fraction of sp³-hybridized carbons (Fsp3) is 0. The zero-order valence-electron chi connectivity index (χ0n) is 6.60. The van der Waals surface area contributed by atoms with Crippen LogP contribution in [0, 0.1) is 23.7 Å².